The molecule has 0 unspecified atom stereocenters. The Morgan fingerprint density at radius 2 is 1.41 bits per heavy atom. The molecule has 3 N–H and O–H groups in total. The van der Waals surface area contributed by atoms with Crippen LogP contribution in [0, 0.1) is 0 Å². The first-order valence-corrected chi connectivity index (χ1v) is 8.12. The third-order valence-corrected chi connectivity index (χ3v) is 4.02. The summed E-state index contributed by atoms with van der Waals surface area (Å²) in [5, 5.41) is 28.0. The minimum absolute atomic E-state index is 0.0313. The van der Waals surface area contributed by atoms with Crippen LogP contribution < -0.4 is 0 Å². The summed E-state index contributed by atoms with van der Waals surface area (Å²) in [6.07, 6.45) is 2.47. The van der Waals surface area contributed by atoms with E-state index in [-0.39, 0.29) is 17.3 Å². The molecule has 0 aliphatic heterocycles. The zero-order chi connectivity index (χ0) is 19.4. The van der Waals surface area contributed by atoms with Gasteiger partial charge in [-0.05, 0) is 53.1 Å². The summed E-state index contributed by atoms with van der Waals surface area (Å²) in [6.45, 7) is 0. The van der Waals surface area contributed by atoms with Gasteiger partial charge in [0.1, 0.15) is 11.5 Å². The Balaban J connectivity index is 1.97. The first-order chi connectivity index (χ1) is 12.9. The maximum atomic E-state index is 13.0. The van der Waals surface area contributed by atoms with Gasteiger partial charge in [-0.15, -0.1) is 0 Å². The van der Waals surface area contributed by atoms with E-state index in [1.54, 1.807) is 42.5 Å². The molecule has 3 aromatic rings. The molecule has 0 spiro atoms. The largest absolute Gasteiger partial charge is 0.508 e. The van der Waals surface area contributed by atoms with E-state index in [4.69, 9.17) is 5.11 Å². The molecule has 0 fully saturated rings. The first-order valence-electron chi connectivity index (χ1n) is 8.12. The highest BCUT2D eigenvalue weighted by atomic mass is 16.4. The van der Waals surface area contributed by atoms with Gasteiger partial charge in [0.25, 0.3) is 0 Å². The lowest BCUT2D eigenvalue weighted by atomic mass is 9.93. The number of phenolic OH excluding ortho intramolecular Hbond substituents is 2. The van der Waals surface area contributed by atoms with E-state index in [9.17, 15) is 19.8 Å². The van der Waals surface area contributed by atoms with Gasteiger partial charge in [-0.25, -0.2) is 4.79 Å². The molecule has 0 saturated heterocycles. The molecule has 0 aliphatic rings. The number of hydrogen-bond donors (Lipinski definition) is 3. The maximum absolute atomic E-state index is 13.0. The molecule has 0 saturated carbocycles. The predicted octanol–water partition coefficient (Wildman–Crippen LogP) is 4.09. The number of ketones is 1. The second-order valence-electron chi connectivity index (χ2n) is 5.90. The summed E-state index contributed by atoms with van der Waals surface area (Å²) < 4.78 is 0. The molecule has 5 heteroatoms. The molecule has 0 aliphatic carbocycles. The Morgan fingerprint density at radius 3 is 2.04 bits per heavy atom. The molecule has 0 radical (unpaired) electrons. The summed E-state index contributed by atoms with van der Waals surface area (Å²) in [5.74, 6) is -1.13. The molecule has 3 rings (SSSR count). The van der Waals surface area contributed by atoms with Gasteiger partial charge in [-0.2, -0.15) is 0 Å². The van der Waals surface area contributed by atoms with E-state index < -0.39 is 5.97 Å². The first kappa shape index (κ1) is 17.9. The average Bonchev–Trinajstić information content (AvgIpc) is 2.67. The number of benzene rings is 3. The van der Waals surface area contributed by atoms with E-state index >= 15 is 0 Å². The zero-order valence-electron chi connectivity index (χ0n) is 14.2. The van der Waals surface area contributed by atoms with Gasteiger partial charge in [0.05, 0.1) is 0 Å². The van der Waals surface area contributed by atoms with Crippen LogP contribution in [0.4, 0.5) is 0 Å². The summed E-state index contributed by atoms with van der Waals surface area (Å²) in [4.78, 5) is 23.5. The molecule has 5 nitrogen and oxygen atoms in total. The molecule has 27 heavy (non-hydrogen) atoms. The van der Waals surface area contributed by atoms with Crippen molar-refractivity contribution in [2.24, 2.45) is 0 Å². The van der Waals surface area contributed by atoms with Crippen LogP contribution in [0.1, 0.15) is 21.5 Å². The number of aromatic hydroxyl groups is 2. The van der Waals surface area contributed by atoms with Crippen molar-refractivity contribution in [3.8, 4) is 22.6 Å². The van der Waals surface area contributed by atoms with Gasteiger partial charge in [-0.3, -0.25) is 4.79 Å². The smallest absolute Gasteiger partial charge is 0.328 e. The molecule has 0 amide bonds. The molecule has 3 aromatic carbocycles. The number of hydrogen-bond acceptors (Lipinski definition) is 4. The van der Waals surface area contributed by atoms with Crippen LogP contribution >= 0.6 is 0 Å². The van der Waals surface area contributed by atoms with Crippen LogP contribution in [0.15, 0.2) is 72.8 Å². The molecule has 0 atom stereocenters. The quantitative estimate of drug-likeness (QED) is 0.470. The number of rotatable bonds is 5. The molecule has 0 aromatic heterocycles. The lowest BCUT2D eigenvalue weighted by Gasteiger charge is -2.10. The van der Waals surface area contributed by atoms with Crippen LogP contribution in [0.25, 0.3) is 17.2 Å². The number of phenols is 2. The number of carboxylic acid groups (broad SMARTS) is 1. The van der Waals surface area contributed by atoms with Crippen LogP contribution in [0.5, 0.6) is 11.5 Å². The van der Waals surface area contributed by atoms with Crippen molar-refractivity contribution in [3.05, 3.63) is 89.5 Å². The molecule has 0 bridgehead atoms. The second kappa shape index (κ2) is 7.58. The van der Waals surface area contributed by atoms with Gasteiger partial charge in [0.2, 0.25) is 0 Å². The fourth-order valence-electron chi connectivity index (χ4n) is 2.68. The Hall–Kier alpha value is -3.86. The van der Waals surface area contributed by atoms with E-state index in [0.717, 1.165) is 6.08 Å². The van der Waals surface area contributed by atoms with Crippen molar-refractivity contribution < 1.29 is 24.9 Å². The fourth-order valence-corrected chi connectivity index (χ4v) is 2.68. The van der Waals surface area contributed by atoms with Crippen molar-refractivity contribution in [3.63, 3.8) is 0 Å². The molecular weight excluding hydrogens is 344 g/mol. The SMILES string of the molecule is O=C(O)/C=C/c1ccc(C(=O)c2ccc(O)cc2-c2ccc(O)cc2)cc1. The summed E-state index contributed by atoms with van der Waals surface area (Å²) in [6, 6.07) is 17.4. The van der Waals surface area contributed by atoms with Crippen molar-refractivity contribution in [2.45, 2.75) is 0 Å². The van der Waals surface area contributed by atoms with Crippen LogP contribution in [0.2, 0.25) is 0 Å². The summed E-state index contributed by atoms with van der Waals surface area (Å²) in [5.41, 5.74) is 2.75. The van der Waals surface area contributed by atoms with Crippen LogP contribution in [-0.4, -0.2) is 27.1 Å². The monoisotopic (exact) mass is 360 g/mol. The number of aliphatic carboxylic acids is 1. The summed E-state index contributed by atoms with van der Waals surface area (Å²) in [7, 11) is 0. The van der Waals surface area contributed by atoms with E-state index in [1.807, 2.05) is 0 Å². The third-order valence-electron chi connectivity index (χ3n) is 4.02. The minimum Gasteiger partial charge on any atom is -0.508 e. The van der Waals surface area contributed by atoms with E-state index in [2.05, 4.69) is 0 Å². The molecule has 0 heterocycles. The Labute approximate surface area is 155 Å². The standard InChI is InChI=1S/C22H16O5/c23-17-8-6-15(7-9-17)20-13-18(24)10-11-19(20)22(27)16-4-1-14(2-5-16)3-12-21(25)26/h1-13,23-24H,(H,25,26)/b12-3+. The lowest BCUT2D eigenvalue weighted by molar-refractivity contribution is -0.131. The van der Waals surface area contributed by atoms with E-state index in [0.29, 0.717) is 27.8 Å². The minimum atomic E-state index is -1.04. The lowest BCUT2D eigenvalue weighted by Crippen LogP contribution is -2.03. The zero-order valence-corrected chi connectivity index (χ0v) is 14.2. The van der Waals surface area contributed by atoms with Crippen LogP contribution in [-0.2, 0) is 4.79 Å². The van der Waals surface area contributed by atoms with E-state index in [1.165, 1.54) is 30.3 Å². The number of carbonyl (C=O) groups excluding carboxylic acids is 1. The van der Waals surface area contributed by atoms with Gasteiger partial charge in [0, 0.05) is 17.2 Å². The van der Waals surface area contributed by atoms with Gasteiger partial charge in [0.15, 0.2) is 5.78 Å². The van der Waals surface area contributed by atoms with Gasteiger partial charge < -0.3 is 15.3 Å². The second-order valence-corrected chi connectivity index (χ2v) is 5.90. The Bertz CT molecular complexity index is 1020. The van der Waals surface area contributed by atoms with Crippen molar-refractivity contribution in [1.29, 1.82) is 0 Å². The normalized spacial score (nSPS) is 10.8. The Kier molecular flexibility index (Phi) is 5.04. The van der Waals surface area contributed by atoms with Crippen LogP contribution in [0.3, 0.4) is 0 Å². The highest BCUT2D eigenvalue weighted by molar-refractivity contribution is 6.13. The molecular formula is C22H16O5. The van der Waals surface area contributed by atoms with Gasteiger partial charge in [-0.1, -0.05) is 36.4 Å². The topological polar surface area (TPSA) is 94.8 Å². The number of carbonyl (C=O) groups is 2. The summed E-state index contributed by atoms with van der Waals surface area (Å²) >= 11 is 0. The Morgan fingerprint density at radius 1 is 0.778 bits per heavy atom. The predicted molar refractivity (Wildman–Crippen MR) is 102 cm³/mol. The third kappa shape index (κ3) is 4.22. The molecule has 134 valence electrons. The highest BCUT2D eigenvalue weighted by Gasteiger charge is 2.15. The highest BCUT2D eigenvalue weighted by Crippen LogP contribution is 2.30. The van der Waals surface area contributed by atoms with Crippen molar-refractivity contribution >= 4 is 17.8 Å². The fraction of sp³-hybridized carbons (Fsp3) is 0. The van der Waals surface area contributed by atoms with Gasteiger partial charge >= 0.3 is 5.97 Å². The van der Waals surface area contributed by atoms with Crippen molar-refractivity contribution in [2.75, 3.05) is 0 Å². The number of carboxylic acids is 1. The van der Waals surface area contributed by atoms with Crippen molar-refractivity contribution in [1.82, 2.24) is 0 Å². The maximum Gasteiger partial charge on any atom is 0.328 e. The average molecular weight is 360 g/mol.